The first kappa shape index (κ1) is 26.0. The molecule has 2 amide bonds. The van der Waals surface area contributed by atoms with Crippen molar-refractivity contribution in [2.75, 3.05) is 6.61 Å². The van der Waals surface area contributed by atoms with E-state index in [9.17, 15) is 9.59 Å². The van der Waals surface area contributed by atoms with Gasteiger partial charge in [0.2, 0.25) is 5.91 Å². The van der Waals surface area contributed by atoms with Crippen LogP contribution in [-0.2, 0) is 22.6 Å². The SMILES string of the molecule is CC[C@@H](C)NC(=O)[C@@H](Cc1ccccc1)N(Cc1cccc(C)c1)C(=O)COc1ccc(C)cc1. The van der Waals surface area contributed by atoms with E-state index in [1.165, 1.54) is 0 Å². The Morgan fingerprint density at radius 3 is 2.23 bits per heavy atom. The second-order valence-electron chi connectivity index (χ2n) is 9.14. The maximum atomic E-state index is 13.6. The number of carbonyl (C=O) groups is 2. The smallest absolute Gasteiger partial charge is 0.261 e. The van der Waals surface area contributed by atoms with Crippen molar-refractivity contribution in [1.82, 2.24) is 10.2 Å². The zero-order valence-electron chi connectivity index (χ0n) is 21.2. The van der Waals surface area contributed by atoms with E-state index in [2.05, 4.69) is 5.32 Å². The van der Waals surface area contributed by atoms with Crippen LogP contribution in [0.4, 0.5) is 0 Å². The molecule has 0 unspecified atom stereocenters. The van der Waals surface area contributed by atoms with Crippen LogP contribution >= 0.6 is 0 Å². The minimum absolute atomic E-state index is 0.0144. The lowest BCUT2D eigenvalue weighted by molar-refractivity contribution is -0.143. The number of rotatable bonds is 11. The van der Waals surface area contributed by atoms with Gasteiger partial charge < -0.3 is 15.0 Å². The van der Waals surface area contributed by atoms with Crippen LogP contribution in [0, 0.1) is 13.8 Å². The van der Waals surface area contributed by atoms with Crippen molar-refractivity contribution in [2.45, 2.75) is 59.2 Å². The standard InChI is InChI=1S/C30H36N2O3/c1-5-24(4)31-30(34)28(19-25-11-7-6-8-12-25)32(20-26-13-9-10-23(3)18-26)29(33)21-35-27-16-14-22(2)15-17-27/h6-18,24,28H,5,19-21H2,1-4H3,(H,31,34)/t24-,28-/m1/s1. The summed E-state index contributed by atoms with van der Waals surface area (Å²) in [6.07, 6.45) is 1.23. The molecule has 0 radical (unpaired) electrons. The van der Waals surface area contributed by atoms with Crippen molar-refractivity contribution in [2.24, 2.45) is 0 Å². The molecule has 1 N–H and O–H groups in total. The molecule has 0 fully saturated rings. The molecular formula is C30H36N2O3. The molecule has 0 bridgehead atoms. The molecule has 5 nitrogen and oxygen atoms in total. The van der Waals surface area contributed by atoms with Crippen LogP contribution in [0.25, 0.3) is 0 Å². The fourth-order valence-electron chi connectivity index (χ4n) is 3.86. The summed E-state index contributed by atoms with van der Waals surface area (Å²) in [6.45, 7) is 8.21. The number of amides is 2. The fourth-order valence-corrected chi connectivity index (χ4v) is 3.86. The van der Waals surface area contributed by atoms with Gasteiger partial charge in [-0.3, -0.25) is 9.59 Å². The van der Waals surface area contributed by atoms with Crippen molar-refractivity contribution in [3.63, 3.8) is 0 Å². The van der Waals surface area contributed by atoms with E-state index in [1.807, 2.05) is 107 Å². The molecule has 3 aromatic carbocycles. The second kappa shape index (κ2) is 12.7. The highest BCUT2D eigenvalue weighted by Crippen LogP contribution is 2.17. The molecule has 184 valence electrons. The summed E-state index contributed by atoms with van der Waals surface area (Å²) >= 11 is 0. The number of nitrogens with one attached hydrogen (secondary N) is 1. The fraction of sp³-hybridized carbons (Fsp3) is 0.333. The van der Waals surface area contributed by atoms with E-state index in [4.69, 9.17) is 4.74 Å². The molecule has 5 heteroatoms. The van der Waals surface area contributed by atoms with Gasteiger partial charge in [0, 0.05) is 19.0 Å². The van der Waals surface area contributed by atoms with Gasteiger partial charge in [-0.05, 0) is 50.5 Å². The number of hydrogen-bond donors (Lipinski definition) is 1. The average Bonchev–Trinajstić information content (AvgIpc) is 2.86. The predicted octanol–water partition coefficient (Wildman–Crippen LogP) is 5.24. The van der Waals surface area contributed by atoms with E-state index in [-0.39, 0.29) is 24.5 Å². The lowest BCUT2D eigenvalue weighted by Crippen LogP contribution is -2.53. The summed E-state index contributed by atoms with van der Waals surface area (Å²) in [6, 6.07) is 24.8. The molecule has 0 saturated carbocycles. The number of ether oxygens (including phenoxy) is 1. The molecular weight excluding hydrogens is 436 g/mol. The molecule has 0 aliphatic carbocycles. The maximum absolute atomic E-state index is 13.6. The van der Waals surface area contributed by atoms with Gasteiger partial charge in [0.25, 0.3) is 5.91 Å². The van der Waals surface area contributed by atoms with Crippen molar-refractivity contribution in [3.8, 4) is 5.75 Å². The van der Waals surface area contributed by atoms with Crippen molar-refractivity contribution in [1.29, 1.82) is 0 Å². The van der Waals surface area contributed by atoms with E-state index < -0.39 is 6.04 Å². The molecule has 0 aromatic heterocycles. The zero-order valence-corrected chi connectivity index (χ0v) is 21.2. The Morgan fingerprint density at radius 1 is 0.886 bits per heavy atom. The Bertz CT molecular complexity index is 1100. The summed E-state index contributed by atoms with van der Waals surface area (Å²) in [5.74, 6) is 0.245. The lowest BCUT2D eigenvalue weighted by Gasteiger charge is -2.32. The molecule has 2 atom stereocenters. The topological polar surface area (TPSA) is 58.6 Å². The quantitative estimate of drug-likeness (QED) is 0.415. The highest BCUT2D eigenvalue weighted by atomic mass is 16.5. The van der Waals surface area contributed by atoms with E-state index in [0.717, 1.165) is 28.7 Å². The normalized spacial score (nSPS) is 12.5. The van der Waals surface area contributed by atoms with Crippen LogP contribution in [0.5, 0.6) is 5.75 Å². The second-order valence-corrected chi connectivity index (χ2v) is 9.14. The first-order valence-corrected chi connectivity index (χ1v) is 12.2. The third-order valence-corrected chi connectivity index (χ3v) is 6.09. The van der Waals surface area contributed by atoms with E-state index in [0.29, 0.717) is 18.7 Å². The Balaban J connectivity index is 1.90. The van der Waals surface area contributed by atoms with E-state index >= 15 is 0 Å². The predicted molar refractivity (Wildman–Crippen MR) is 140 cm³/mol. The van der Waals surface area contributed by atoms with Gasteiger partial charge in [-0.1, -0.05) is 84.8 Å². The van der Waals surface area contributed by atoms with Crippen LogP contribution in [0.2, 0.25) is 0 Å². The molecule has 0 spiro atoms. The molecule has 0 aliphatic rings. The van der Waals surface area contributed by atoms with Gasteiger partial charge >= 0.3 is 0 Å². The lowest BCUT2D eigenvalue weighted by atomic mass is 10.0. The van der Waals surface area contributed by atoms with Crippen molar-refractivity contribution < 1.29 is 14.3 Å². The average molecular weight is 473 g/mol. The van der Waals surface area contributed by atoms with Crippen LogP contribution in [0.1, 0.15) is 42.5 Å². The van der Waals surface area contributed by atoms with Gasteiger partial charge in [-0.15, -0.1) is 0 Å². The van der Waals surface area contributed by atoms with Gasteiger partial charge in [0.1, 0.15) is 11.8 Å². The minimum Gasteiger partial charge on any atom is -0.484 e. The summed E-state index contributed by atoms with van der Waals surface area (Å²) in [5, 5.41) is 3.09. The molecule has 3 aromatic rings. The van der Waals surface area contributed by atoms with Crippen molar-refractivity contribution in [3.05, 3.63) is 101 Å². The highest BCUT2D eigenvalue weighted by Gasteiger charge is 2.31. The Morgan fingerprint density at radius 2 is 1.57 bits per heavy atom. The van der Waals surface area contributed by atoms with Gasteiger partial charge in [-0.25, -0.2) is 0 Å². The number of carbonyl (C=O) groups excluding carboxylic acids is 2. The third-order valence-electron chi connectivity index (χ3n) is 6.09. The van der Waals surface area contributed by atoms with Crippen LogP contribution in [0.15, 0.2) is 78.9 Å². The summed E-state index contributed by atoms with van der Waals surface area (Å²) in [5.41, 5.74) is 4.20. The Hall–Kier alpha value is -3.60. The monoisotopic (exact) mass is 472 g/mol. The summed E-state index contributed by atoms with van der Waals surface area (Å²) < 4.78 is 5.82. The van der Waals surface area contributed by atoms with Crippen molar-refractivity contribution >= 4 is 11.8 Å². The zero-order chi connectivity index (χ0) is 25.2. The number of benzene rings is 3. The third kappa shape index (κ3) is 7.99. The number of hydrogen-bond acceptors (Lipinski definition) is 3. The number of aryl methyl sites for hydroxylation is 2. The summed E-state index contributed by atoms with van der Waals surface area (Å²) in [4.78, 5) is 28.7. The number of nitrogens with zero attached hydrogens (tertiary/aromatic N) is 1. The van der Waals surface area contributed by atoms with E-state index in [1.54, 1.807) is 4.90 Å². The van der Waals surface area contributed by atoms with Gasteiger partial charge in [-0.2, -0.15) is 0 Å². The van der Waals surface area contributed by atoms with Crippen LogP contribution in [0.3, 0.4) is 0 Å². The molecule has 0 saturated heterocycles. The van der Waals surface area contributed by atoms with Crippen LogP contribution in [-0.4, -0.2) is 35.4 Å². The first-order valence-electron chi connectivity index (χ1n) is 12.2. The summed E-state index contributed by atoms with van der Waals surface area (Å²) in [7, 11) is 0. The Labute approximate surface area is 209 Å². The Kier molecular flexibility index (Phi) is 9.47. The van der Waals surface area contributed by atoms with Gasteiger partial charge in [0.05, 0.1) is 0 Å². The largest absolute Gasteiger partial charge is 0.484 e. The van der Waals surface area contributed by atoms with Crippen LogP contribution < -0.4 is 10.1 Å². The first-order chi connectivity index (χ1) is 16.9. The highest BCUT2D eigenvalue weighted by molar-refractivity contribution is 5.88. The molecule has 35 heavy (non-hydrogen) atoms. The molecule has 3 rings (SSSR count). The molecule has 0 heterocycles. The minimum atomic E-state index is -0.666. The molecule has 0 aliphatic heterocycles. The maximum Gasteiger partial charge on any atom is 0.261 e. The van der Waals surface area contributed by atoms with Gasteiger partial charge in [0.15, 0.2) is 6.61 Å².